The lowest BCUT2D eigenvalue weighted by Gasteiger charge is -2.51. The molecule has 0 aromatic carbocycles. The Morgan fingerprint density at radius 2 is 1.88 bits per heavy atom. The van der Waals surface area contributed by atoms with E-state index in [1.54, 1.807) is 18.6 Å². The highest BCUT2D eigenvalue weighted by molar-refractivity contribution is 5.75. The van der Waals surface area contributed by atoms with Crippen LogP contribution in [0.2, 0.25) is 0 Å². The molecule has 2 aromatic rings. The third-order valence-corrected chi connectivity index (χ3v) is 6.31. The van der Waals surface area contributed by atoms with Gasteiger partial charge in [0.05, 0.1) is 36.3 Å². The average molecular weight is 353 g/mol. The van der Waals surface area contributed by atoms with Crippen molar-refractivity contribution in [1.82, 2.24) is 15.2 Å². The molecule has 3 saturated carbocycles. The zero-order valence-electron chi connectivity index (χ0n) is 14.9. The second-order valence-electron chi connectivity index (χ2n) is 7.84. The number of aliphatic carboxylic acids is 1. The SMILES string of the molecule is Cc1cc(OCC23CCC(C(=O)O)(CC2)CC3)cnc1-c1ccnnc1. The molecule has 0 spiro atoms. The van der Waals surface area contributed by atoms with Gasteiger partial charge in [-0.15, -0.1) is 0 Å². The second-order valence-corrected chi connectivity index (χ2v) is 7.84. The van der Waals surface area contributed by atoms with E-state index in [0.29, 0.717) is 6.61 Å². The van der Waals surface area contributed by atoms with Crippen molar-refractivity contribution in [2.75, 3.05) is 6.61 Å². The molecular weight excluding hydrogens is 330 g/mol. The van der Waals surface area contributed by atoms with Gasteiger partial charge in [0.2, 0.25) is 0 Å². The summed E-state index contributed by atoms with van der Waals surface area (Å²) in [5.74, 6) is 0.149. The average Bonchev–Trinajstić information content (AvgIpc) is 2.68. The molecular formula is C20H23N3O3. The standard InChI is InChI=1S/C20H23N3O3/c1-14-10-16(12-21-17(14)15-2-9-22-23-11-15)26-13-19-3-6-20(7-4-19,8-5-19)18(24)25/h2,9-12H,3-8,13H2,1H3,(H,24,25). The summed E-state index contributed by atoms with van der Waals surface area (Å²) in [6.45, 7) is 2.65. The highest BCUT2D eigenvalue weighted by Gasteiger charge is 2.52. The summed E-state index contributed by atoms with van der Waals surface area (Å²) < 4.78 is 6.09. The van der Waals surface area contributed by atoms with E-state index in [1.165, 1.54) is 0 Å². The van der Waals surface area contributed by atoms with Gasteiger partial charge in [-0.05, 0) is 63.1 Å². The van der Waals surface area contributed by atoms with Crippen LogP contribution in [0.4, 0.5) is 0 Å². The van der Waals surface area contributed by atoms with Gasteiger partial charge in [-0.2, -0.15) is 10.2 Å². The van der Waals surface area contributed by atoms with E-state index in [1.807, 2.05) is 19.1 Å². The number of carboxylic acids is 1. The predicted octanol–water partition coefficient (Wildman–Crippen LogP) is 3.65. The number of hydrogen-bond donors (Lipinski definition) is 1. The maximum Gasteiger partial charge on any atom is 0.309 e. The Balaban J connectivity index is 1.43. The molecule has 5 rings (SSSR count). The van der Waals surface area contributed by atoms with Crippen LogP contribution in [0.25, 0.3) is 11.3 Å². The Bertz CT molecular complexity index is 798. The number of ether oxygens (including phenoxy) is 1. The third-order valence-electron chi connectivity index (χ3n) is 6.31. The lowest BCUT2D eigenvalue weighted by atomic mass is 9.54. The van der Waals surface area contributed by atoms with Crippen molar-refractivity contribution >= 4 is 5.97 Å². The molecule has 0 unspecified atom stereocenters. The summed E-state index contributed by atoms with van der Waals surface area (Å²) in [4.78, 5) is 16.1. The quantitative estimate of drug-likeness (QED) is 0.883. The highest BCUT2D eigenvalue weighted by atomic mass is 16.5. The Hall–Kier alpha value is -2.50. The van der Waals surface area contributed by atoms with Gasteiger partial charge in [0, 0.05) is 11.0 Å². The normalized spacial score (nSPS) is 27.3. The number of carboxylic acid groups (broad SMARTS) is 1. The first-order valence-corrected chi connectivity index (χ1v) is 9.12. The molecule has 0 radical (unpaired) electrons. The van der Waals surface area contributed by atoms with Crippen LogP contribution < -0.4 is 4.74 Å². The summed E-state index contributed by atoms with van der Waals surface area (Å²) in [6.07, 6.45) is 10.2. The van der Waals surface area contributed by atoms with Crippen molar-refractivity contribution in [3.05, 3.63) is 36.3 Å². The fourth-order valence-corrected chi connectivity index (χ4v) is 4.40. The number of pyridine rings is 1. The molecule has 6 nitrogen and oxygen atoms in total. The van der Waals surface area contributed by atoms with Crippen LogP contribution in [0.5, 0.6) is 5.75 Å². The van der Waals surface area contributed by atoms with Crippen LogP contribution in [0.1, 0.15) is 44.1 Å². The van der Waals surface area contributed by atoms with Crippen molar-refractivity contribution in [1.29, 1.82) is 0 Å². The summed E-state index contributed by atoms with van der Waals surface area (Å²) in [7, 11) is 0. The number of hydrogen-bond acceptors (Lipinski definition) is 5. The van der Waals surface area contributed by atoms with Gasteiger partial charge < -0.3 is 9.84 Å². The molecule has 3 aliphatic rings. The van der Waals surface area contributed by atoms with Crippen LogP contribution in [-0.2, 0) is 4.79 Å². The van der Waals surface area contributed by atoms with Crippen molar-refractivity contribution < 1.29 is 14.6 Å². The molecule has 0 aliphatic heterocycles. The first-order valence-electron chi connectivity index (χ1n) is 9.12. The van der Waals surface area contributed by atoms with E-state index in [0.717, 1.165) is 61.1 Å². The minimum Gasteiger partial charge on any atom is -0.491 e. The smallest absolute Gasteiger partial charge is 0.309 e. The molecule has 3 fully saturated rings. The number of aromatic nitrogens is 3. The lowest BCUT2D eigenvalue weighted by molar-refractivity contribution is -0.160. The second kappa shape index (κ2) is 6.34. The highest BCUT2D eigenvalue weighted by Crippen LogP contribution is 2.57. The number of carbonyl (C=O) groups is 1. The third kappa shape index (κ3) is 2.93. The molecule has 0 saturated heterocycles. The van der Waals surface area contributed by atoms with Crippen LogP contribution in [-0.4, -0.2) is 32.9 Å². The molecule has 0 amide bonds. The van der Waals surface area contributed by atoms with Crippen LogP contribution in [0, 0.1) is 17.8 Å². The zero-order chi connectivity index (χ0) is 18.2. The first-order chi connectivity index (χ1) is 12.5. The van der Waals surface area contributed by atoms with Crippen LogP contribution in [0.3, 0.4) is 0 Å². The fourth-order valence-electron chi connectivity index (χ4n) is 4.40. The number of aryl methyl sites for hydroxylation is 1. The first kappa shape index (κ1) is 16.9. The van der Waals surface area contributed by atoms with Crippen molar-refractivity contribution in [2.24, 2.45) is 10.8 Å². The summed E-state index contributed by atoms with van der Waals surface area (Å²) >= 11 is 0. The van der Waals surface area contributed by atoms with Crippen LogP contribution >= 0.6 is 0 Å². The Morgan fingerprint density at radius 3 is 2.46 bits per heavy atom. The van der Waals surface area contributed by atoms with E-state index in [9.17, 15) is 9.90 Å². The summed E-state index contributed by atoms with van der Waals surface area (Å²) in [5.41, 5.74) is 2.50. The zero-order valence-corrected chi connectivity index (χ0v) is 14.9. The molecule has 1 N–H and O–H groups in total. The van der Waals surface area contributed by atoms with E-state index >= 15 is 0 Å². The lowest BCUT2D eigenvalue weighted by Crippen LogP contribution is -2.48. The molecule has 0 atom stereocenters. The number of nitrogens with zero attached hydrogens (tertiary/aromatic N) is 3. The van der Waals surface area contributed by atoms with E-state index < -0.39 is 11.4 Å². The Labute approximate surface area is 152 Å². The molecule has 3 aliphatic carbocycles. The molecule has 2 bridgehead atoms. The molecule has 26 heavy (non-hydrogen) atoms. The number of rotatable bonds is 5. The predicted molar refractivity (Wildman–Crippen MR) is 95.7 cm³/mol. The van der Waals surface area contributed by atoms with E-state index in [2.05, 4.69) is 15.2 Å². The van der Waals surface area contributed by atoms with Gasteiger partial charge in [-0.1, -0.05) is 0 Å². The molecule has 2 heterocycles. The molecule has 6 heteroatoms. The van der Waals surface area contributed by atoms with Gasteiger partial charge in [0.25, 0.3) is 0 Å². The van der Waals surface area contributed by atoms with E-state index in [-0.39, 0.29) is 5.41 Å². The van der Waals surface area contributed by atoms with Crippen molar-refractivity contribution in [3.63, 3.8) is 0 Å². The van der Waals surface area contributed by atoms with Crippen molar-refractivity contribution in [3.8, 4) is 17.0 Å². The molecule has 136 valence electrons. The monoisotopic (exact) mass is 353 g/mol. The topological polar surface area (TPSA) is 85.2 Å². The Morgan fingerprint density at radius 1 is 1.15 bits per heavy atom. The van der Waals surface area contributed by atoms with Crippen molar-refractivity contribution in [2.45, 2.75) is 45.4 Å². The summed E-state index contributed by atoms with van der Waals surface area (Å²) in [6, 6.07) is 3.90. The maximum atomic E-state index is 11.6. The van der Waals surface area contributed by atoms with Gasteiger partial charge in [0.1, 0.15) is 5.75 Å². The minimum atomic E-state index is -0.618. The van der Waals surface area contributed by atoms with Gasteiger partial charge in [-0.3, -0.25) is 9.78 Å². The van der Waals surface area contributed by atoms with Crippen LogP contribution in [0.15, 0.2) is 30.7 Å². The largest absolute Gasteiger partial charge is 0.491 e. The number of fused-ring (bicyclic) bond motifs is 3. The maximum absolute atomic E-state index is 11.6. The molecule has 2 aromatic heterocycles. The van der Waals surface area contributed by atoms with E-state index in [4.69, 9.17) is 4.74 Å². The van der Waals surface area contributed by atoms with Gasteiger partial charge in [-0.25, -0.2) is 0 Å². The van der Waals surface area contributed by atoms with Gasteiger partial charge >= 0.3 is 5.97 Å². The fraction of sp³-hybridized carbons (Fsp3) is 0.500. The summed E-state index contributed by atoms with van der Waals surface area (Å²) in [5, 5.41) is 17.2. The minimum absolute atomic E-state index is 0.124. The van der Waals surface area contributed by atoms with Gasteiger partial charge in [0.15, 0.2) is 0 Å². The Kier molecular flexibility index (Phi) is 4.13.